The molecule has 5 nitrogen and oxygen atoms in total. The van der Waals surface area contributed by atoms with Gasteiger partial charge >= 0.3 is 0 Å². The minimum atomic E-state index is -0.643. The van der Waals surface area contributed by atoms with E-state index in [4.69, 9.17) is 0 Å². The van der Waals surface area contributed by atoms with E-state index in [0.29, 0.717) is 19.4 Å². The van der Waals surface area contributed by atoms with Crippen molar-refractivity contribution in [3.8, 4) is 0 Å². The fourth-order valence-corrected chi connectivity index (χ4v) is 2.68. The number of anilines is 1. The van der Waals surface area contributed by atoms with E-state index in [2.05, 4.69) is 5.32 Å². The zero-order valence-corrected chi connectivity index (χ0v) is 13.2. The standard InChI is InChI=1S/C17H24N2O3/c1-3-4-14(20)11-18-16(21)15-9-10-19(17(15)22)13-7-5-12(2)6-8-13/h5-8,14-15,20H,3-4,9-11H2,1-2H3,(H,18,21). The Morgan fingerprint density at radius 2 is 2.09 bits per heavy atom. The van der Waals surface area contributed by atoms with Gasteiger partial charge in [0.15, 0.2) is 0 Å². The van der Waals surface area contributed by atoms with E-state index < -0.39 is 12.0 Å². The summed E-state index contributed by atoms with van der Waals surface area (Å²) in [4.78, 5) is 26.2. The maximum atomic E-state index is 12.4. The summed E-state index contributed by atoms with van der Waals surface area (Å²) in [5.74, 6) is -1.09. The van der Waals surface area contributed by atoms with Gasteiger partial charge in [0.05, 0.1) is 6.10 Å². The van der Waals surface area contributed by atoms with Crippen LogP contribution in [0.1, 0.15) is 31.7 Å². The molecule has 0 radical (unpaired) electrons. The number of aryl methyl sites for hydroxylation is 1. The Labute approximate surface area is 131 Å². The summed E-state index contributed by atoms with van der Waals surface area (Å²) in [6.07, 6.45) is 1.48. The predicted octanol–water partition coefficient (Wildman–Crippen LogP) is 1.63. The molecule has 120 valence electrons. The van der Waals surface area contributed by atoms with Gasteiger partial charge in [-0.25, -0.2) is 0 Å². The molecular formula is C17H24N2O3. The minimum Gasteiger partial charge on any atom is -0.391 e. The van der Waals surface area contributed by atoms with Crippen molar-refractivity contribution in [1.82, 2.24) is 5.32 Å². The Balaban J connectivity index is 1.93. The molecule has 1 aliphatic rings. The Morgan fingerprint density at radius 1 is 1.41 bits per heavy atom. The fourth-order valence-electron chi connectivity index (χ4n) is 2.68. The van der Waals surface area contributed by atoms with Crippen LogP contribution < -0.4 is 10.2 Å². The van der Waals surface area contributed by atoms with Gasteiger partial charge in [-0.05, 0) is 31.9 Å². The van der Waals surface area contributed by atoms with Crippen LogP contribution in [0.3, 0.4) is 0 Å². The molecule has 2 rings (SSSR count). The highest BCUT2D eigenvalue weighted by Crippen LogP contribution is 2.25. The minimum absolute atomic E-state index is 0.161. The van der Waals surface area contributed by atoms with Crippen LogP contribution in [0.4, 0.5) is 5.69 Å². The van der Waals surface area contributed by atoms with E-state index in [9.17, 15) is 14.7 Å². The van der Waals surface area contributed by atoms with E-state index in [-0.39, 0.29) is 18.4 Å². The Bertz CT molecular complexity index is 527. The molecule has 1 aromatic rings. The van der Waals surface area contributed by atoms with Gasteiger partial charge < -0.3 is 15.3 Å². The van der Waals surface area contributed by atoms with E-state index in [1.165, 1.54) is 0 Å². The molecule has 2 N–H and O–H groups in total. The normalized spacial score (nSPS) is 19.3. The van der Waals surface area contributed by atoms with Gasteiger partial charge in [0.1, 0.15) is 5.92 Å². The topological polar surface area (TPSA) is 69.6 Å². The molecular weight excluding hydrogens is 280 g/mol. The van der Waals surface area contributed by atoms with Crippen molar-refractivity contribution < 1.29 is 14.7 Å². The average Bonchev–Trinajstić information content (AvgIpc) is 2.88. The van der Waals surface area contributed by atoms with Crippen molar-refractivity contribution in [2.45, 2.75) is 39.2 Å². The van der Waals surface area contributed by atoms with E-state index >= 15 is 0 Å². The van der Waals surface area contributed by atoms with Crippen molar-refractivity contribution in [2.24, 2.45) is 5.92 Å². The van der Waals surface area contributed by atoms with Crippen LogP contribution >= 0.6 is 0 Å². The molecule has 5 heteroatoms. The maximum Gasteiger partial charge on any atom is 0.239 e. The lowest BCUT2D eigenvalue weighted by Crippen LogP contribution is -2.40. The lowest BCUT2D eigenvalue weighted by Gasteiger charge is -2.17. The number of carbonyl (C=O) groups excluding carboxylic acids is 2. The van der Waals surface area contributed by atoms with Crippen LogP contribution in [0.5, 0.6) is 0 Å². The van der Waals surface area contributed by atoms with Gasteiger partial charge in [-0.3, -0.25) is 9.59 Å². The van der Waals surface area contributed by atoms with Crippen LogP contribution in [-0.2, 0) is 9.59 Å². The zero-order chi connectivity index (χ0) is 16.1. The lowest BCUT2D eigenvalue weighted by atomic mass is 10.1. The summed E-state index contributed by atoms with van der Waals surface area (Å²) >= 11 is 0. The van der Waals surface area contributed by atoms with Gasteiger partial charge in [0, 0.05) is 18.8 Å². The largest absolute Gasteiger partial charge is 0.391 e. The monoisotopic (exact) mass is 304 g/mol. The third-order valence-corrected chi connectivity index (χ3v) is 4.00. The Hall–Kier alpha value is -1.88. The summed E-state index contributed by atoms with van der Waals surface area (Å²) in [6.45, 7) is 4.73. The maximum absolute atomic E-state index is 12.4. The summed E-state index contributed by atoms with van der Waals surface area (Å²) in [5.41, 5.74) is 1.96. The molecule has 1 aliphatic heterocycles. The van der Waals surface area contributed by atoms with Crippen LogP contribution in [0.15, 0.2) is 24.3 Å². The van der Waals surface area contributed by atoms with E-state index in [0.717, 1.165) is 17.7 Å². The molecule has 2 unspecified atom stereocenters. The van der Waals surface area contributed by atoms with Gasteiger partial charge in [0.25, 0.3) is 0 Å². The second-order valence-electron chi connectivity index (χ2n) is 5.85. The number of amides is 2. The molecule has 2 amide bonds. The van der Waals surface area contributed by atoms with Crippen molar-refractivity contribution in [1.29, 1.82) is 0 Å². The highest BCUT2D eigenvalue weighted by Gasteiger charge is 2.37. The highest BCUT2D eigenvalue weighted by molar-refractivity contribution is 6.09. The Morgan fingerprint density at radius 3 is 2.73 bits per heavy atom. The van der Waals surface area contributed by atoms with Crippen LogP contribution in [0.25, 0.3) is 0 Å². The number of carbonyl (C=O) groups is 2. The zero-order valence-electron chi connectivity index (χ0n) is 13.2. The third-order valence-electron chi connectivity index (χ3n) is 4.00. The second kappa shape index (κ2) is 7.40. The van der Waals surface area contributed by atoms with E-state index in [1.54, 1.807) is 4.90 Å². The molecule has 1 aromatic carbocycles. The fraction of sp³-hybridized carbons (Fsp3) is 0.529. The number of hydrogen-bond donors (Lipinski definition) is 2. The summed E-state index contributed by atoms with van der Waals surface area (Å²) in [7, 11) is 0. The SMILES string of the molecule is CCCC(O)CNC(=O)C1CCN(c2ccc(C)cc2)C1=O. The predicted molar refractivity (Wildman–Crippen MR) is 85.6 cm³/mol. The van der Waals surface area contributed by atoms with E-state index in [1.807, 2.05) is 38.1 Å². The number of nitrogens with zero attached hydrogens (tertiary/aromatic N) is 1. The second-order valence-corrected chi connectivity index (χ2v) is 5.85. The molecule has 0 aliphatic carbocycles. The van der Waals surface area contributed by atoms with Crippen LogP contribution in [0.2, 0.25) is 0 Å². The van der Waals surface area contributed by atoms with Gasteiger partial charge in [-0.15, -0.1) is 0 Å². The smallest absolute Gasteiger partial charge is 0.239 e. The molecule has 0 bridgehead atoms. The number of hydrogen-bond acceptors (Lipinski definition) is 3. The summed E-state index contributed by atoms with van der Waals surface area (Å²) < 4.78 is 0. The van der Waals surface area contributed by atoms with Crippen molar-refractivity contribution in [3.63, 3.8) is 0 Å². The number of aliphatic hydroxyl groups is 1. The van der Waals surface area contributed by atoms with Crippen LogP contribution in [-0.4, -0.2) is 36.1 Å². The molecule has 22 heavy (non-hydrogen) atoms. The average molecular weight is 304 g/mol. The number of benzene rings is 1. The first-order chi connectivity index (χ1) is 10.5. The summed E-state index contributed by atoms with van der Waals surface area (Å²) in [6, 6.07) is 7.71. The number of aliphatic hydroxyl groups excluding tert-OH is 1. The Kier molecular flexibility index (Phi) is 5.55. The third kappa shape index (κ3) is 3.85. The number of rotatable bonds is 6. The van der Waals surface area contributed by atoms with Crippen LogP contribution in [0, 0.1) is 12.8 Å². The molecule has 0 saturated carbocycles. The van der Waals surface area contributed by atoms with Gasteiger partial charge in [-0.1, -0.05) is 31.0 Å². The molecule has 1 saturated heterocycles. The summed E-state index contributed by atoms with van der Waals surface area (Å²) in [5, 5.41) is 12.3. The first-order valence-electron chi connectivity index (χ1n) is 7.86. The number of nitrogens with one attached hydrogen (secondary N) is 1. The van der Waals surface area contributed by atoms with Crippen molar-refractivity contribution in [2.75, 3.05) is 18.0 Å². The van der Waals surface area contributed by atoms with Crippen molar-refractivity contribution in [3.05, 3.63) is 29.8 Å². The van der Waals surface area contributed by atoms with Gasteiger partial charge in [-0.2, -0.15) is 0 Å². The quantitative estimate of drug-likeness (QED) is 0.785. The molecule has 1 heterocycles. The highest BCUT2D eigenvalue weighted by atomic mass is 16.3. The first-order valence-corrected chi connectivity index (χ1v) is 7.86. The lowest BCUT2D eigenvalue weighted by molar-refractivity contribution is -0.132. The van der Waals surface area contributed by atoms with Gasteiger partial charge in [0.2, 0.25) is 11.8 Å². The molecule has 1 fully saturated rings. The van der Waals surface area contributed by atoms with Crippen molar-refractivity contribution >= 4 is 17.5 Å². The molecule has 2 atom stereocenters. The molecule has 0 spiro atoms. The first kappa shape index (κ1) is 16.5. The molecule has 0 aromatic heterocycles.